The van der Waals surface area contributed by atoms with Gasteiger partial charge in [-0.2, -0.15) is 13.2 Å². The second kappa shape index (κ2) is 8.69. The summed E-state index contributed by atoms with van der Waals surface area (Å²) >= 11 is 0. The maximum atomic E-state index is 12.9. The molecule has 0 bridgehead atoms. The van der Waals surface area contributed by atoms with E-state index in [0.29, 0.717) is 25.2 Å². The average molecular weight is 408 g/mol. The summed E-state index contributed by atoms with van der Waals surface area (Å²) < 4.78 is 38.7. The third-order valence-corrected chi connectivity index (χ3v) is 5.14. The van der Waals surface area contributed by atoms with E-state index < -0.39 is 16.7 Å². The number of hydrogen-bond donors (Lipinski definition) is 1. The molecule has 2 N–H and O–H groups in total. The minimum atomic E-state index is -4.34. The largest absolute Gasteiger partial charge is 0.416 e. The van der Waals surface area contributed by atoms with Crippen molar-refractivity contribution in [3.05, 3.63) is 63.7 Å². The van der Waals surface area contributed by atoms with Crippen molar-refractivity contribution in [1.29, 1.82) is 0 Å². The monoisotopic (exact) mass is 408 g/mol. The molecule has 9 heteroatoms. The number of hydrogen-bond acceptors (Lipinski definition) is 5. The zero-order valence-electron chi connectivity index (χ0n) is 15.9. The Morgan fingerprint density at radius 1 is 1.07 bits per heavy atom. The molecule has 2 aromatic carbocycles. The first-order chi connectivity index (χ1) is 13.7. The highest BCUT2D eigenvalue weighted by Gasteiger charge is 2.31. The van der Waals surface area contributed by atoms with E-state index in [1.807, 2.05) is 4.90 Å². The lowest BCUT2D eigenvalue weighted by Crippen LogP contribution is -2.46. The zero-order chi connectivity index (χ0) is 21.0. The van der Waals surface area contributed by atoms with Crippen LogP contribution in [0.15, 0.2) is 42.5 Å². The first-order valence-electron chi connectivity index (χ1n) is 9.41. The molecule has 1 fully saturated rings. The van der Waals surface area contributed by atoms with Crippen molar-refractivity contribution >= 4 is 17.1 Å². The highest BCUT2D eigenvalue weighted by Crippen LogP contribution is 2.32. The summed E-state index contributed by atoms with van der Waals surface area (Å²) in [6.45, 7) is 3.67. The standard InChI is InChI=1S/C20H23F3N4O2/c21-20(22,23)16-4-1-5-17(14-16)26-11-9-25(10-12-26)8-2-3-15-6-7-18(24)19(13-15)27(28)29/h1,4-7,13-14H,2-3,8-12,24H2. The number of nitro groups is 1. The lowest BCUT2D eigenvalue weighted by molar-refractivity contribution is -0.384. The lowest BCUT2D eigenvalue weighted by Gasteiger charge is -2.36. The molecule has 1 aliphatic rings. The van der Waals surface area contributed by atoms with Gasteiger partial charge in [0.2, 0.25) is 0 Å². The summed E-state index contributed by atoms with van der Waals surface area (Å²) in [7, 11) is 0. The number of aryl methyl sites for hydroxylation is 1. The Kier molecular flexibility index (Phi) is 6.26. The Bertz CT molecular complexity index is 865. The molecule has 0 unspecified atom stereocenters. The molecule has 0 spiro atoms. The smallest absolute Gasteiger partial charge is 0.393 e. The van der Waals surface area contributed by atoms with Gasteiger partial charge in [0, 0.05) is 37.9 Å². The Hall–Kier alpha value is -2.81. The molecule has 1 aliphatic heterocycles. The molecule has 0 saturated carbocycles. The molecule has 0 amide bonds. The number of piperazine rings is 1. The van der Waals surface area contributed by atoms with Gasteiger partial charge in [0.05, 0.1) is 10.5 Å². The van der Waals surface area contributed by atoms with Crippen molar-refractivity contribution in [1.82, 2.24) is 4.90 Å². The third-order valence-electron chi connectivity index (χ3n) is 5.14. The van der Waals surface area contributed by atoms with E-state index in [9.17, 15) is 23.3 Å². The molecular weight excluding hydrogens is 385 g/mol. The van der Waals surface area contributed by atoms with Crippen molar-refractivity contribution < 1.29 is 18.1 Å². The number of anilines is 2. The fraction of sp³-hybridized carbons (Fsp3) is 0.400. The molecule has 29 heavy (non-hydrogen) atoms. The second-order valence-electron chi connectivity index (χ2n) is 7.13. The van der Waals surface area contributed by atoms with Crippen LogP contribution in [-0.2, 0) is 12.6 Å². The predicted molar refractivity (Wildman–Crippen MR) is 106 cm³/mol. The molecule has 0 aliphatic carbocycles. The Morgan fingerprint density at radius 3 is 2.45 bits per heavy atom. The Balaban J connectivity index is 1.48. The normalized spacial score (nSPS) is 15.5. The van der Waals surface area contributed by atoms with Gasteiger partial charge in [0.1, 0.15) is 5.69 Å². The summed E-state index contributed by atoms with van der Waals surface area (Å²) in [5.74, 6) is 0. The van der Waals surface area contributed by atoms with E-state index >= 15 is 0 Å². The molecular formula is C20H23F3N4O2. The van der Waals surface area contributed by atoms with Crippen LogP contribution >= 0.6 is 0 Å². The molecule has 0 aromatic heterocycles. The maximum absolute atomic E-state index is 12.9. The zero-order valence-corrected chi connectivity index (χ0v) is 15.9. The van der Waals surface area contributed by atoms with E-state index in [-0.39, 0.29) is 11.4 Å². The van der Waals surface area contributed by atoms with Crippen LogP contribution in [0.4, 0.5) is 30.2 Å². The summed E-state index contributed by atoms with van der Waals surface area (Å²) in [5, 5.41) is 11.0. The number of nitrogens with two attached hydrogens (primary N) is 1. The first kappa shape index (κ1) is 20.9. The number of rotatable bonds is 6. The number of halogens is 3. The van der Waals surface area contributed by atoms with Crippen LogP contribution in [0.25, 0.3) is 0 Å². The van der Waals surface area contributed by atoms with Gasteiger partial charge in [-0.15, -0.1) is 0 Å². The minimum Gasteiger partial charge on any atom is -0.393 e. The third kappa shape index (κ3) is 5.38. The molecule has 156 valence electrons. The number of nitro benzene ring substituents is 1. The van der Waals surface area contributed by atoms with Crippen LogP contribution in [0.1, 0.15) is 17.5 Å². The minimum absolute atomic E-state index is 0.0720. The van der Waals surface area contributed by atoms with E-state index in [0.717, 1.165) is 37.7 Å². The fourth-order valence-corrected chi connectivity index (χ4v) is 3.52. The summed E-state index contributed by atoms with van der Waals surface area (Å²) in [6.07, 6.45) is -2.80. The first-order valence-corrected chi connectivity index (χ1v) is 9.41. The van der Waals surface area contributed by atoms with Crippen molar-refractivity contribution in [2.75, 3.05) is 43.4 Å². The van der Waals surface area contributed by atoms with Gasteiger partial charge in [0.15, 0.2) is 0 Å². The summed E-state index contributed by atoms with van der Waals surface area (Å²) in [5.41, 5.74) is 6.53. The van der Waals surface area contributed by atoms with Crippen molar-refractivity contribution in [3.8, 4) is 0 Å². The van der Waals surface area contributed by atoms with Crippen molar-refractivity contribution in [3.63, 3.8) is 0 Å². The van der Waals surface area contributed by atoms with Gasteiger partial charge in [-0.1, -0.05) is 12.1 Å². The van der Waals surface area contributed by atoms with Gasteiger partial charge in [-0.05, 0) is 49.2 Å². The lowest BCUT2D eigenvalue weighted by atomic mass is 10.1. The second-order valence-corrected chi connectivity index (χ2v) is 7.13. The van der Waals surface area contributed by atoms with Crippen LogP contribution in [0.5, 0.6) is 0 Å². The molecule has 0 radical (unpaired) electrons. The molecule has 3 rings (SSSR count). The van der Waals surface area contributed by atoms with E-state index in [1.54, 1.807) is 18.2 Å². The number of nitrogens with zero attached hydrogens (tertiary/aromatic N) is 3. The van der Waals surface area contributed by atoms with Crippen molar-refractivity contribution in [2.45, 2.75) is 19.0 Å². The summed E-state index contributed by atoms with van der Waals surface area (Å²) in [6, 6.07) is 10.3. The van der Waals surface area contributed by atoms with Gasteiger partial charge in [-0.3, -0.25) is 15.0 Å². The Labute approximate surface area is 166 Å². The van der Waals surface area contributed by atoms with Crippen LogP contribution < -0.4 is 10.6 Å². The highest BCUT2D eigenvalue weighted by molar-refractivity contribution is 5.59. The van der Waals surface area contributed by atoms with Gasteiger partial charge in [-0.25, -0.2) is 0 Å². The molecule has 0 atom stereocenters. The van der Waals surface area contributed by atoms with Crippen LogP contribution in [0.2, 0.25) is 0 Å². The fourth-order valence-electron chi connectivity index (χ4n) is 3.52. The SMILES string of the molecule is Nc1ccc(CCCN2CCN(c3cccc(C(F)(F)F)c3)CC2)cc1[N+](=O)[O-]. The molecule has 6 nitrogen and oxygen atoms in total. The van der Waals surface area contributed by atoms with Crippen LogP contribution in [0, 0.1) is 10.1 Å². The van der Waals surface area contributed by atoms with Gasteiger partial charge >= 0.3 is 6.18 Å². The van der Waals surface area contributed by atoms with Crippen LogP contribution in [0.3, 0.4) is 0 Å². The van der Waals surface area contributed by atoms with Crippen molar-refractivity contribution in [2.24, 2.45) is 0 Å². The van der Waals surface area contributed by atoms with Crippen LogP contribution in [-0.4, -0.2) is 42.5 Å². The molecule has 1 saturated heterocycles. The van der Waals surface area contributed by atoms with Gasteiger partial charge in [0.25, 0.3) is 5.69 Å². The maximum Gasteiger partial charge on any atom is 0.416 e. The van der Waals surface area contributed by atoms with Gasteiger partial charge < -0.3 is 10.6 Å². The summed E-state index contributed by atoms with van der Waals surface area (Å²) in [4.78, 5) is 14.7. The van der Waals surface area contributed by atoms with E-state index in [1.165, 1.54) is 18.2 Å². The average Bonchev–Trinajstić information content (AvgIpc) is 2.69. The molecule has 1 heterocycles. The number of benzene rings is 2. The molecule has 2 aromatic rings. The quantitative estimate of drug-likeness (QED) is 0.445. The Morgan fingerprint density at radius 2 is 1.79 bits per heavy atom. The number of nitrogen functional groups attached to an aromatic ring is 1. The van der Waals surface area contributed by atoms with E-state index in [4.69, 9.17) is 5.73 Å². The highest BCUT2D eigenvalue weighted by atomic mass is 19.4. The number of alkyl halides is 3. The topological polar surface area (TPSA) is 75.6 Å². The van der Waals surface area contributed by atoms with E-state index in [2.05, 4.69) is 4.90 Å². The predicted octanol–water partition coefficient (Wildman–Crippen LogP) is 3.95.